The maximum Gasteiger partial charge on any atom is 0.255 e. The van der Waals surface area contributed by atoms with Crippen molar-refractivity contribution in [1.82, 2.24) is 0 Å². The molecule has 2 aromatic carbocycles. The summed E-state index contributed by atoms with van der Waals surface area (Å²) < 4.78 is 29.9. The first-order chi connectivity index (χ1) is 14.9. The Bertz CT molecular complexity index is 935. The normalized spacial score (nSPS) is 13.5. The number of nitrogens with one attached hydrogen (secondary N) is 1. The Hall–Kier alpha value is -3.49. The van der Waals surface area contributed by atoms with Gasteiger partial charge in [0.05, 0.1) is 25.6 Å². The Kier molecular flexibility index (Phi) is 7.17. The van der Waals surface area contributed by atoms with Crippen molar-refractivity contribution >= 4 is 23.2 Å². The minimum atomic E-state index is -0.665. The van der Waals surface area contributed by atoms with Gasteiger partial charge < -0.3 is 30.2 Å². The van der Waals surface area contributed by atoms with Crippen LogP contribution < -0.4 is 30.2 Å². The summed E-state index contributed by atoms with van der Waals surface area (Å²) >= 11 is 0. The molecule has 2 aromatic rings. The Labute approximate surface area is 180 Å². The highest BCUT2D eigenvalue weighted by molar-refractivity contribution is 6.06. The molecule has 0 aliphatic carbocycles. The van der Waals surface area contributed by atoms with Crippen LogP contribution in [0.3, 0.4) is 0 Å². The lowest BCUT2D eigenvalue weighted by Gasteiger charge is -2.30. The summed E-state index contributed by atoms with van der Waals surface area (Å²) in [5.41, 5.74) is 6.51. The maximum atomic E-state index is 13.9. The fourth-order valence-electron chi connectivity index (χ4n) is 3.51. The third kappa shape index (κ3) is 5.36. The lowest BCUT2D eigenvalue weighted by Crippen LogP contribution is -2.30. The van der Waals surface area contributed by atoms with Gasteiger partial charge in [0.1, 0.15) is 5.82 Å². The monoisotopic (exact) mass is 431 g/mol. The molecule has 0 aromatic heterocycles. The highest BCUT2D eigenvalue weighted by atomic mass is 19.1. The zero-order valence-corrected chi connectivity index (χ0v) is 17.6. The van der Waals surface area contributed by atoms with E-state index in [0.29, 0.717) is 5.69 Å². The van der Waals surface area contributed by atoms with E-state index in [2.05, 4.69) is 10.2 Å². The molecule has 166 valence electrons. The first-order valence-corrected chi connectivity index (χ1v) is 9.96. The fourth-order valence-corrected chi connectivity index (χ4v) is 3.51. The van der Waals surface area contributed by atoms with Gasteiger partial charge in [0, 0.05) is 18.7 Å². The number of piperidine rings is 1. The summed E-state index contributed by atoms with van der Waals surface area (Å²) in [5.74, 6) is -1.03. The number of hydrogen-bond acceptors (Lipinski definition) is 6. The molecule has 1 aliphatic rings. The number of halogens is 1. The number of primary amides is 1. The van der Waals surface area contributed by atoms with E-state index in [-0.39, 0.29) is 29.4 Å². The minimum Gasteiger partial charge on any atom is -0.493 e. The molecule has 1 heterocycles. The van der Waals surface area contributed by atoms with Crippen LogP contribution in [0, 0.1) is 5.82 Å². The van der Waals surface area contributed by atoms with Crippen LogP contribution in [0.1, 0.15) is 29.6 Å². The quantitative estimate of drug-likeness (QED) is 0.666. The Morgan fingerprint density at radius 3 is 2.29 bits per heavy atom. The van der Waals surface area contributed by atoms with Crippen LogP contribution in [0.25, 0.3) is 0 Å². The van der Waals surface area contributed by atoms with E-state index >= 15 is 0 Å². The number of nitrogens with two attached hydrogens (primary N) is 1. The number of rotatable bonds is 8. The zero-order chi connectivity index (χ0) is 22.4. The van der Waals surface area contributed by atoms with Crippen molar-refractivity contribution in [2.45, 2.75) is 19.3 Å². The lowest BCUT2D eigenvalue weighted by molar-refractivity contribution is -0.120. The number of nitrogens with zero attached hydrogens (tertiary/aromatic N) is 1. The number of benzene rings is 2. The Balaban J connectivity index is 1.90. The number of carbonyl (C=O) groups is 2. The predicted molar refractivity (Wildman–Crippen MR) is 115 cm³/mol. The molecule has 0 saturated carbocycles. The SMILES string of the molecule is COc1cc(C(=O)Nc2cc(F)ccc2N2CCCCC2)cc(OC)c1OCC(N)=O. The molecule has 0 spiro atoms. The first-order valence-electron chi connectivity index (χ1n) is 9.96. The molecule has 8 nitrogen and oxygen atoms in total. The Morgan fingerprint density at radius 1 is 1.06 bits per heavy atom. The van der Waals surface area contributed by atoms with Crippen molar-refractivity contribution in [2.24, 2.45) is 5.73 Å². The van der Waals surface area contributed by atoms with Crippen LogP contribution in [0.4, 0.5) is 15.8 Å². The van der Waals surface area contributed by atoms with Crippen LogP contribution >= 0.6 is 0 Å². The zero-order valence-electron chi connectivity index (χ0n) is 17.6. The number of methoxy groups -OCH3 is 2. The molecule has 0 atom stereocenters. The van der Waals surface area contributed by atoms with E-state index in [1.54, 1.807) is 6.07 Å². The van der Waals surface area contributed by atoms with Crippen molar-refractivity contribution in [2.75, 3.05) is 44.1 Å². The van der Waals surface area contributed by atoms with Gasteiger partial charge in [-0.1, -0.05) is 0 Å². The van der Waals surface area contributed by atoms with Crippen LogP contribution in [-0.2, 0) is 4.79 Å². The first kappa shape index (κ1) is 22.2. The Morgan fingerprint density at radius 2 is 1.71 bits per heavy atom. The second-order valence-electron chi connectivity index (χ2n) is 7.13. The van der Waals surface area contributed by atoms with Crippen LogP contribution in [0.15, 0.2) is 30.3 Å². The molecule has 1 aliphatic heterocycles. The van der Waals surface area contributed by atoms with Crippen molar-refractivity contribution in [3.05, 3.63) is 41.7 Å². The highest BCUT2D eigenvalue weighted by Crippen LogP contribution is 2.39. The molecule has 3 rings (SSSR count). The number of anilines is 2. The van der Waals surface area contributed by atoms with Crippen molar-refractivity contribution < 1.29 is 28.2 Å². The average molecular weight is 431 g/mol. The summed E-state index contributed by atoms with van der Waals surface area (Å²) in [7, 11) is 2.79. The van der Waals surface area contributed by atoms with Crippen molar-refractivity contribution in [3.63, 3.8) is 0 Å². The molecular formula is C22H26FN3O5. The van der Waals surface area contributed by atoms with Gasteiger partial charge in [0.15, 0.2) is 18.1 Å². The van der Waals surface area contributed by atoms with Gasteiger partial charge in [-0.25, -0.2) is 4.39 Å². The van der Waals surface area contributed by atoms with E-state index in [0.717, 1.165) is 38.0 Å². The molecule has 2 amide bonds. The number of amides is 2. The minimum absolute atomic E-state index is 0.153. The number of ether oxygens (including phenoxy) is 3. The van der Waals surface area contributed by atoms with E-state index in [1.165, 1.54) is 38.5 Å². The van der Waals surface area contributed by atoms with Gasteiger partial charge in [0.2, 0.25) is 5.75 Å². The van der Waals surface area contributed by atoms with Gasteiger partial charge in [-0.2, -0.15) is 0 Å². The highest BCUT2D eigenvalue weighted by Gasteiger charge is 2.21. The summed E-state index contributed by atoms with van der Waals surface area (Å²) in [4.78, 5) is 26.2. The standard InChI is InChI=1S/C22H26FN3O5/c1-29-18-10-14(11-19(30-2)21(18)31-13-20(24)27)22(28)25-16-12-15(23)6-7-17(16)26-8-4-3-5-9-26/h6-7,10-12H,3-5,8-9,13H2,1-2H3,(H2,24,27)(H,25,28). The molecule has 0 radical (unpaired) electrons. The third-order valence-corrected chi connectivity index (χ3v) is 4.99. The molecule has 0 unspecified atom stereocenters. The van der Waals surface area contributed by atoms with Gasteiger partial charge in [-0.05, 0) is 49.6 Å². The summed E-state index contributed by atoms with van der Waals surface area (Å²) in [6, 6.07) is 7.28. The van der Waals surface area contributed by atoms with E-state index < -0.39 is 17.6 Å². The molecule has 31 heavy (non-hydrogen) atoms. The topological polar surface area (TPSA) is 103 Å². The number of carbonyl (C=O) groups excluding carboxylic acids is 2. The predicted octanol–water partition coefficient (Wildman–Crippen LogP) is 2.95. The summed E-state index contributed by atoms with van der Waals surface area (Å²) in [6.45, 7) is 1.32. The van der Waals surface area contributed by atoms with Gasteiger partial charge in [0.25, 0.3) is 11.8 Å². The van der Waals surface area contributed by atoms with Crippen molar-refractivity contribution in [3.8, 4) is 17.2 Å². The maximum absolute atomic E-state index is 13.9. The lowest BCUT2D eigenvalue weighted by atomic mass is 10.1. The average Bonchev–Trinajstić information content (AvgIpc) is 2.77. The third-order valence-electron chi connectivity index (χ3n) is 4.99. The molecular weight excluding hydrogens is 405 g/mol. The van der Waals surface area contributed by atoms with E-state index in [9.17, 15) is 14.0 Å². The molecule has 1 saturated heterocycles. The van der Waals surface area contributed by atoms with Gasteiger partial charge >= 0.3 is 0 Å². The van der Waals surface area contributed by atoms with E-state index in [1.807, 2.05) is 0 Å². The van der Waals surface area contributed by atoms with Crippen molar-refractivity contribution in [1.29, 1.82) is 0 Å². The fraction of sp³-hybridized carbons (Fsp3) is 0.364. The van der Waals surface area contributed by atoms with Crippen LogP contribution in [0.2, 0.25) is 0 Å². The smallest absolute Gasteiger partial charge is 0.255 e. The number of hydrogen-bond donors (Lipinski definition) is 2. The molecule has 0 bridgehead atoms. The van der Waals surface area contributed by atoms with Crippen LogP contribution in [0.5, 0.6) is 17.2 Å². The van der Waals surface area contributed by atoms with Gasteiger partial charge in [-0.15, -0.1) is 0 Å². The molecule has 9 heteroatoms. The van der Waals surface area contributed by atoms with Crippen LogP contribution in [-0.4, -0.2) is 45.7 Å². The molecule has 3 N–H and O–H groups in total. The second kappa shape index (κ2) is 10.0. The second-order valence-corrected chi connectivity index (χ2v) is 7.13. The van der Waals surface area contributed by atoms with Gasteiger partial charge in [-0.3, -0.25) is 9.59 Å². The van der Waals surface area contributed by atoms with E-state index in [4.69, 9.17) is 19.9 Å². The molecule has 1 fully saturated rings. The largest absolute Gasteiger partial charge is 0.493 e. The summed E-state index contributed by atoms with van der Waals surface area (Å²) in [6.07, 6.45) is 3.25. The summed E-state index contributed by atoms with van der Waals surface area (Å²) in [5, 5.41) is 2.79.